The van der Waals surface area contributed by atoms with E-state index in [9.17, 15) is 18.0 Å². The van der Waals surface area contributed by atoms with E-state index in [2.05, 4.69) is 14.8 Å². The van der Waals surface area contributed by atoms with Gasteiger partial charge in [-0.2, -0.15) is 18.3 Å². The number of benzene rings is 1. The van der Waals surface area contributed by atoms with Crippen molar-refractivity contribution in [2.45, 2.75) is 13.1 Å². The molecular weight excluding hydrogens is 331 g/mol. The van der Waals surface area contributed by atoms with E-state index >= 15 is 0 Å². The molecule has 23 heavy (non-hydrogen) atoms. The lowest BCUT2D eigenvalue weighted by Gasteiger charge is -2.12. The van der Waals surface area contributed by atoms with Crippen molar-refractivity contribution in [3.8, 4) is 5.69 Å². The summed E-state index contributed by atoms with van der Waals surface area (Å²) in [6.07, 6.45) is -3.88. The predicted molar refractivity (Wildman–Crippen MR) is 77.7 cm³/mol. The quantitative estimate of drug-likeness (QED) is 0.682. The average Bonchev–Trinajstić information content (AvgIpc) is 3.13. The number of ether oxygens (including phenoxy) is 1. The van der Waals surface area contributed by atoms with E-state index in [1.54, 1.807) is 12.1 Å². The number of rotatable bonds is 3. The maximum atomic E-state index is 13.5. The molecule has 2 aromatic heterocycles. The molecule has 0 aliphatic heterocycles. The molecule has 0 amide bonds. The molecule has 0 N–H and O–H groups in total. The zero-order valence-electron chi connectivity index (χ0n) is 11.8. The van der Waals surface area contributed by atoms with Gasteiger partial charge in [0.05, 0.1) is 34.2 Å². The van der Waals surface area contributed by atoms with Crippen molar-refractivity contribution in [2.24, 2.45) is 0 Å². The molecule has 1 aromatic carbocycles. The number of alkyl halides is 3. The number of fused-ring (bicyclic) bond motifs is 1. The number of esters is 1. The minimum Gasteiger partial charge on any atom is -0.462 e. The monoisotopic (exact) mass is 341 g/mol. The Morgan fingerprint density at radius 3 is 2.87 bits per heavy atom. The number of aromatic nitrogens is 3. The molecule has 0 saturated carbocycles. The highest BCUT2D eigenvalue weighted by Gasteiger charge is 2.41. The van der Waals surface area contributed by atoms with Gasteiger partial charge in [-0.3, -0.25) is 0 Å². The Labute approximate surface area is 132 Å². The highest BCUT2D eigenvalue weighted by molar-refractivity contribution is 7.17. The number of carbonyl (C=O) groups is 1. The fraction of sp³-hybridized carbons (Fsp3) is 0.214. The van der Waals surface area contributed by atoms with Crippen LogP contribution in [0.2, 0.25) is 0 Å². The van der Waals surface area contributed by atoms with Gasteiger partial charge in [-0.1, -0.05) is 6.07 Å². The molecule has 0 spiro atoms. The maximum absolute atomic E-state index is 13.5. The van der Waals surface area contributed by atoms with Crippen LogP contribution in [-0.2, 0) is 10.9 Å². The van der Waals surface area contributed by atoms with Gasteiger partial charge in [0.1, 0.15) is 5.56 Å². The summed E-state index contributed by atoms with van der Waals surface area (Å²) in [7, 11) is 0. The lowest BCUT2D eigenvalue weighted by Crippen LogP contribution is -2.18. The van der Waals surface area contributed by atoms with Crippen LogP contribution < -0.4 is 0 Å². The molecule has 3 rings (SSSR count). The van der Waals surface area contributed by atoms with Crippen LogP contribution in [0.1, 0.15) is 23.0 Å². The van der Waals surface area contributed by atoms with Crippen molar-refractivity contribution in [2.75, 3.05) is 6.61 Å². The van der Waals surface area contributed by atoms with Crippen LogP contribution in [0.3, 0.4) is 0 Å². The molecule has 3 aromatic rings. The second-order valence-corrected chi connectivity index (χ2v) is 5.37. The molecule has 0 radical (unpaired) electrons. The van der Waals surface area contributed by atoms with Gasteiger partial charge in [0, 0.05) is 0 Å². The number of carbonyl (C=O) groups excluding carboxylic acids is 1. The average molecular weight is 341 g/mol. The van der Waals surface area contributed by atoms with Gasteiger partial charge >= 0.3 is 12.1 Å². The number of nitrogens with zero attached hydrogens (tertiary/aromatic N) is 3. The Bertz CT molecular complexity index is 870. The highest BCUT2D eigenvalue weighted by Crippen LogP contribution is 2.36. The molecule has 120 valence electrons. The van der Waals surface area contributed by atoms with Crippen molar-refractivity contribution in [1.29, 1.82) is 0 Å². The summed E-state index contributed by atoms with van der Waals surface area (Å²) in [5.41, 5.74) is 0.552. The van der Waals surface area contributed by atoms with E-state index < -0.39 is 23.4 Å². The van der Waals surface area contributed by atoms with Gasteiger partial charge in [0.2, 0.25) is 0 Å². The third-order valence-electron chi connectivity index (χ3n) is 3.10. The molecule has 2 heterocycles. The van der Waals surface area contributed by atoms with Gasteiger partial charge in [0.15, 0.2) is 5.69 Å². The zero-order valence-corrected chi connectivity index (χ0v) is 12.6. The fourth-order valence-corrected chi connectivity index (χ4v) is 2.99. The topological polar surface area (TPSA) is 57.0 Å². The van der Waals surface area contributed by atoms with Crippen molar-refractivity contribution < 1.29 is 22.7 Å². The minimum absolute atomic E-state index is 0.0221. The van der Waals surface area contributed by atoms with Crippen LogP contribution in [0.25, 0.3) is 15.9 Å². The van der Waals surface area contributed by atoms with Crippen molar-refractivity contribution in [3.05, 3.63) is 41.2 Å². The van der Waals surface area contributed by atoms with Crippen LogP contribution in [0.4, 0.5) is 13.2 Å². The second-order valence-electron chi connectivity index (χ2n) is 4.51. The predicted octanol–water partition coefficient (Wildman–Crippen LogP) is 3.68. The number of halogens is 3. The standard InChI is InChI=1S/C14H10F3N3O2S/c1-2-22-13(21)8-6-19-20(12(8)14(15,16)17)10-5-3-4-9-11(10)23-7-18-9/h3-7H,2H2,1H3. The van der Waals surface area contributed by atoms with Crippen molar-refractivity contribution in [3.63, 3.8) is 0 Å². The lowest BCUT2D eigenvalue weighted by molar-refractivity contribution is -0.143. The number of hydrogen-bond acceptors (Lipinski definition) is 5. The summed E-state index contributed by atoms with van der Waals surface area (Å²) in [6.45, 7) is 1.50. The molecule has 5 nitrogen and oxygen atoms in total. The van der Waals surface area contributed by atoms with Crippen LogP contribution >= 0.6 is 11.3 Å². The van der Waals surface area contributed by atoms with Gasteiger partial charge in [-0.25, -0.2) is 14.5 Å². The van der Waals surface area contributed by atoms with E-state index in [4.69, 9.17) is 0 Å². The largest absolute Gasteiger partial charge is 0.462 e. The summed E-state index contributed by atoms with van der Waals surface area (Å²) < 4.78 is 46.4. The zero-order chi connectivity index (χ0) is 16.6. The third-order valence-corrected chi connectivity index (χ3v) is 3.96. The normalized spacial score (nSPS) is 11.8. The molecule has 0 aliphatic carbocycles. The first-order chi connectivity index (χ1) is 10.9. The molecular formula is C14H10F3N3O2S. The van der Waals surface area contributed by atoms with Gasteiger partial charge in [-0.05, 0) is 19.1 Å². The Hall–Kier alpha value is -2.42. The molecule has 0 bridgehead atoms. The summed E-state index contributed by atoms with van der Waals surface area (Å²) in [4.78, 5) is 15.9. The number of thiazole rings is 1. The Balaban J connectivity index is 2.24. The highest BCUT2D eigenvalue weighted by atomic mass is 32.1. The molecule has 0 fully saturated rings. The van der Waals surface area contributed by atoms with Gasteiger partial charge in [-0.15, -0.1) is 11.3 Å². The fourth-order valence-electron chi connectivity index (χ4n) is 2.20. The lowest BCUT2D eigenvalue weighted by atomic mass is 10.2. The SMILES string of the molecule is CCOC(=O)c1cnn(-c2cccc3ncsc23)c1C(F)(F)F. The Kier molecular flexibility index (Phi) is 3.80. The second kappa shape index (κ2) is 5.65. The van der Waals surface area contributed by atoms with Gasteiger partial charge < -0.3 is 4.74 Å². The van der Waals surface area contributed by atoms with E-state index in [0.717, 1.165) is 6.20 Å². The molecule has 9 heteroatoms. The summed E-state index contributed by atoms with van der Waals surface area (Å²) in [6, 6.07) is 4.78. The van der Waals surface area contributed by atoms with Crippen molar-refractivity contribution >= 4 is 27.5 Å². The van der Waals surface area contributed by atoms with E-state index in [-0.39, 0.29) is 12.3 Å². The van der Waals surface area contributed by atoms with Crippen LogP contribution in [0.5, 0.6) is 0 Å². The summed E-state index contributed by atoms with van der Waals surface area (Å²) >= 11 is 1.20. The van der Waals surface area contributed by atoms with Crippen LogP contribution in [-0.4, -0.2) is 27.3 Å². The molecule has 0 unspecified atom stereocenters. The third kappa shape index (κ3) is 2.67. The maximum Gasteiger partial charge on any atom is 0.434 e. The van der Waals surface area contributed by atoms with Crippen molar-refractivity contribution in [1.82, 2.24) is 14.8 Å². The smallest absolute Gasteiger partial charge is 0.434 e. The Morgan fingerprint density at radius 2 is 2.17 bits per heavy atom. The molecule has 0 saturated heterocycles. The van der Waals surface area contributed by atoms with E-state index in [0.29, 0.717) is 14.9 Å². The molecule has 0 atom stereocenters. The Morgan fingerprint density at radius 1 is 1.39 bits per heavy atom. The first-order valence-corrected chi connectivity index (χ1v) is 7.46. The van der Waals surface area contributed by atoms with Crippen LogP contribution in [0.15, 0.2) is 29.9 Å². The van der Waals surface area contributed by atoms with E-state index in [1.807, 2.05) is 0 Å². The summed E-state index contributed by atoms with van der Waals surface area (Å²) in [5.74, 6) is -1.05. The minimum atomic E-state index is -4.76. The van der Waals surface area contributed by atoms with Gasteiger partial charge in [0.25, 0.3) is 0 Å². The first kappa shape index (κ1) is 15.5. The number of hydrogen-bond donors (Lipinski definition) is 0. The van der Waals surface area contributed by atoms with E-state index in [1.165, 1.54) is 29.8 Å². The molecule has 0 aliphatic rings. The summed E-state index contributed by atoms with van der Waals surface area (Å²) in [5, 5.41) is 3.76. The van der Waals surface area contributed by atoms with Crippen LogP contribution in [0, 0.1) is 0 Å². The first-order valence-electron chi connectivity index (χ1n) is 6.58.